The second-order valence-corrected chi connectivity index (χ2v) is 4.25. The Morgan fingerprint density at radius 3 is 2.68 bits per heavy atom. The third-order valence-electron chi connectivity index (χ3n) is 2.88. The molecule has 0 aliphatic carbocycles. The second kappa shape index (κ2) is 5.52. The van der Waals surface area contributed by atoms with Gasteiger partial charge in [-0.1, -0.05) is 30.3 Å². The predicted octanol–water partition coefficient (Wildman–Crippen LogP) is 2.77. The molecule has 0 aliphatic rings. The number of rotatable bonds is 3. The van der Waals surface area contributed by atoms with E-state index in [0.29, 0.717) is 11.1 Å². The molecule has 2 aromatic carbocycles. The van der Waals surface area contributed by atoms with Crippen LogP contribution < -0.4 is 5.32 Å². The van der Waals surface area contributed by atoms with Gasteiger partial charge in [0, 0.05) is 12.1 Å². The van der Waals surface area contributed by atoms with E-state index in [0.717, 1.165) is 0 Å². The molecule has 98 valence electrons. The van der Waals surface area contributed by atoms with Crippen LogP contribution in [-0.4, -0.2) is 11.0 Å². The van der Waals surface area contributed by atoms with Crippen molar-refractivity contribution in [2.45, 2.75) is 13.5 Å². The van der Waals surface area contributed by atoms with E-state index < -0.39 is 5.91 Å². The molecule has 4 heteroatoms. The second-order valence-electron chi connectivity index (χ2n) is 4.25. The number of hydrogen-bond donors (Lipinski definition) is 2. The minimum atomic E-state index is -0.426. The molecular weight excluding hydrogens is 245 g/mol. The number of benzene rings is 2. The van der Waals surface area contributed by atoms with E-state index in [-0.39, 0.29) is 23.7 Å². The molecule has 0 saturated carbocycles. The zero-order valence-electron chi connectivity index (χ0n) is 10.5. The Bertz CT molecular complexity index is 611. The summed E-state index contributed by atoms with van der Waals surface area (Å²) in [5.74, 6) is -0.839. The van der Waals surface area contributed by atoms with Crippen molar-refractivity contribution in [2.75, 3.05) is 0 Å². The maximum absolute atomic E-state index is 13.4. The minimum absolute atomic E-state index is 0.0477. The van der Waals surface area contributed by atoms with Gasteiger partial charge in [0.25, 0.3) is 5.91 Å². The van der Waals surface area contributed by atoms with Crippen LogP contribution in [0.5, 0.6) is 5.75 Å². The van der Waals surface area contributed by atoms with E-state index in [1.54, 1.807) is 37.3 Å². The highest BCUT2D eigenvalue weighted by Gasteiger charge is 2.12. The maximum atomic E-state index is 13.4. The fourth-order valence-corrected chi connectivity index (χ4v) is 1.75. The van der Waals surface area contributed by atoms with Crippen molar-refractivity contribution in [2.24, 2.45) is 0 Å². The van der Waals surface area contributed by atoms with Crippen LogP contribution in [-0.2, 0) is 6.54 Å². The average molecular weight is 259 g/mol. The molecule has 2 rings (SSSR count). The summed E-state index contributed by atoms with van der Waals surface area (Å²) in [5, 5.41) is 12.4. The number of nitrogens with one attached hydrogen (secondary N) is 1. The summed E-state index contributed by atoms with van der Waals surface area (Å²) in [4.78, 5) is 11.9. The SMILES string of the molecule is Cc1cccc(C(=O)NCc2ccccc2F)c1O. The molecule has 0 atom stereocenters. The number of aryl methyl sites for hydroxylation is 1. The molecule has 2 N–H and O–H groups in total. The van der Waals surface area contributed by atoms with E-state index in [2.05, 4.69) is 5.32 Å². The summed E-state index contributed by atoms with van der Waals surface area (Å²) in [6, 6.07) is 11.2. The first kappa shape index (κ1) is 13.1. The first-order valence-electron chi connectivity index (χ1n) is 5.90. The number of carbonyl (C=O) groups is 1. The van der Waals surface area contributed by atoms with Crippen LogP contribution in [0.3, 0.4) is 0 Å². The van der Waals surface area contributed by atoms with Crippen LogP contribution in [0.15, 0.2) is 42.5 Å². The van der Waals surface area contributed by atoms with E-state index >= 15 is 0 Å². The van der Waals surface area contributed by atoms with Crippen LogP contribution in [0, 0.1) is 12.7 Å². The highest BCUT2D eigenvalue weighted by Crippen LogP contribution is 2.21. The lowest BCUT2D eigenvalue weighted by molar-refractivity contribution is 0.0948. The Balaban J connectivity index is 2.10. The maximum Gasteiger partial charge on any atom is 0.255 e. The Morgan fingerprint density at radius 2 is 1.95 bits per heavy atom. The van der Waals surface area contributed by atoms with Crippen molar-refractivity contribution >= 4 is 5.91 Å². The highest BCUT2D eigenvalue weighted by molar-refractivity contribution is 5.97. The number of hydrogen-bond acceptors (Lipinski definition) is 2. The molecule has 0 radical (unpaired) electrons. The number of phenolic OH excluding ortho intramolecular Hbond substituents is 1. The van der Waals surface area contributed by atoms with Crippen molar-refractivity contribution in [3.05, 3.63) is 65.0 Å². The van der Waals surface area contributed by atoms with E-state index in [4.69, 9.17) is 0 Å². The smallest absolute Gasteiger partial charge is 0.255 e. The van der Waals surface area contributed by atoms with Gasteiger partial charge < -0.3 is 10.4 Å². The molecule has 0 fully saturated rings. The lowest BCUT2D eigenvalue weighted by Crippen LogP contribution is -2.23. The Morgan fingerprint density at radius 1 is 1.21 bits per heavy atom. The van der Waals surface area contributed by atoms with Gasteiger partial charge >= 0.3 is 0 Å². The van der Waals surface area contributed by atoms with Crippen molar-refractivity contribution in [3.63, 3.8) is 0 Å². The summed E-state index contributed by atoms with van der Waals surface area (Å²) in [5.41, 5.74) is 1.22. The molecule has 1 amide bonds. The van der Waals surface area contributed by atoms with E-state index in [9.17, 15) is 14.3 Å². The van der Waals surface area contributed by atoms with Gasteiger partial charge in [0.05, 0.1) is 5.56 Å². The van der Waals surface area contributed by atoms with Crippen molar-refractivity contribution in [1.29, 1.82) is 0 Å². The number of phenols is 1. The quantitative estimate of drug-likeness (QED) is 0.890. The van der Waals surface area contributed by atoms with Gasteiger partial charge in [0.15, 0.2) is 0 Å². The van der Waals surface area contributed by atoms with Gasteiger partial charge in [-0.25, -0.2) is 4.39 Å². The number of carbonyl (C=O) groups excluding carboxylic acids is 1. The van der Waals surface area contributed by atoms with Crippen LogP contribution in [0.4, 0.5) is 4.39 Å². The summed E-state index contributed by atoms with van der Waals surface area (Å²) in [6.45, 7) is 1.79. The van der Waals surface area contributed by atoms with Gasteiger partial charge in [-0.2, -0.15) is 0 Å². The molecule has 0 heterocycles. The Labute approximate surface area is 110 Å². The molecule has 0 unspecified atom stereocenters. The third kappa shape index (κ3) is 2.91. The summed E-state index contributed by atoms with van der Waals surface area (Å²) in [6.07, 6.45) is 0. The molecule has 0 aliphatic heterocycles. The number of para-hydroxylation sites is 1. The van der Waals surface area contributed by atoms with Crippen LogP contribution in [0.25, 0.3) is 0 Å². The summed E-state index contributed by atoms with van der Waals surface area (Å²) >= 11 is 0. The lowest BCUT2D eigenvalue weighted by Gasteiger charge is -2.08. The van der Waals surface area contributed by atoms with Crippen LogP contribution >= 0.6 is 0 Å². The molecule has 0 spiro atoms. The fraction of sp³-hybridized carbons (Fsp3) is 0.133. The Hall–Kier alpha value is -2.36. The minimum Gasteiger partial charge on any atom is -0.507 e. The number of halogens is 1. The van der Waals surface area contributed by atoms with Crippen LogP contribution in [0.1, 0.15) is 21.5 Å². The predicted molar refractivity (Wildman–Crippen MR) is 70.4 cm³/mol. The van der Waals surface area contributed by atoms with Crippen molar-refractivity contribution in [1.82, 2.24) is 5.32 Å². The molecular formula is C15H14FNO2. The standard InChI is InChI=1S/C15H14FNO2/c1-10-5-4-7-12(14(10)18)15(19)17-9-11-6-2-3-8-13(11)16/h2-8,18H,9H2,1H3,(H,17,19). The molecule has 0 saturated heterocycles. The number of amides is 1. The zero-order chi connectivity index (χ0) is 13.8. The van der Waals surface area contributed by atoms with Gasteiger partial charge in [-0.15, -0.1) is 0 Å². The van der Waals surface area contributed by atoms with E-state index in [1.165, 1.54) is 12.1 Å². The normalized spacial score (nSPS) is 10.2. The zero-order valence-corrected chi connectivity index (χ0v) is 10.5. The fourth-order valence-electron chi connectivity index (χ4n) is 1.75. The summed E-state index contributed by atoms with van der Waals surface area (Å²) in [7, 11) is 0. The van der Waals surface area contributed by atoms with E-state index in [1.807, 2.05) is 0 Å². The van der Waals surface area contributed by atoms with Crippen LogP contribution in [0.2, 0.25) is 0 Å². The Kier molecular flexibility index (Phi) is 3.80. The molecule has 0 bridgehead atoms. The molecule has 3 nitrogen and oxygen atoms in total. The lowest BCUT2D eigenvalue weighted by atomic mass is 10.1. The molecule has 0 aromatic heterocycles. The molecule has 19 heavy (non-hydrogen) atoms. The van der Waals surface area contributed by atoms with Crippen molar-refractivity contribution in [3.8, 4) is 5.75 Å². The first-order chi connectivity index (χ1) is 9.09. The van der Waals surface area contributed by atoms with Gasteiger partial charge in [-0.3, -0.25) is 4.79 Å². The largest absolute Gasteiger partial charge is 0.507 e. The summed E-state index contributed by atoms with van der Waals surface area (Å²) < 4.78 is 13.4. The monoisotopic (exact) mass is 259 g/mol. The van der Waals surface area contributed by atoms with Gasteiger partial charge in [0.1, 0.15) is 11.6 Å². The average Bonchev–Trinajstić information content (AvgIpc) is 2.40. The third-order valence-corrected chi connectivity index (χ3v) is 2.88. The molecule has 2 aromatic rings. The topological polar surface area (TPSA) is 49.3 Å². The van der Waals surface area contributed by atoms with Gasteiger partial charge in [-0.05, 0) is 24.6 Å². The highest BCUT2D eigenvalue weighted by atomic mass is 19.1. The van der Waals surface area contributed by atoms with Crippen molar-refractivity contribution < 1.29 is 14.3 Å². The first-order valence-corrected chi connectivity index (χ1v) is 5.90. The number of aromatic hydroxyl groups is 1. The van der Waals surface area contributed by atoms with Gasteiger partial charge in [0.2, 0.25) is 0 Å².